The Morgan fingerprint density at radius 2 is 1.27 bits per heavy atom. The first kappa shape index (κ1) is 18.0. The van der Waals surface area contributed by atoms with Gasteiger partial charge in [0.15, 0.2) is 0 Å². The van der Waals surface area contributed by atoms with Crippen molar-refractivity contribution in [1.29, 1.82) is 0 Å². The lowest BCUT2D eigenvalue weighted by molar-refractivity contribution is 0.0600. The molecular weight excluding hydrogens is 368 g/mol. The van der Waals surface area contributed by atoms with Gasteiger partial charge in [0, 0.05) is 11.1 Å². The van der Waals surface area contributed by atoms with Crippen LogP contribution in [0.25, 0.3) is 32.3 Å². The molecule has 2 nitrogen and oxygen atoms in total. The molecule has 0 bridgehead atoms. The molecule has 5 rings (SSSR count). The van der Waals surface area contributed by atoms with Crippen LogP contribution < -0.4 is 0 Å². The van der Waals surface area contributed by atoms with Crippen molar-refractivity contribution in [3.63, 3.8) is 0 Å². The molecule has 0 aliphatic rings. The maximum Gasteiger partial charge on any atom is 0.337 e. The molecule has 142 valence electrons. The summed E-state index contributed by atoms with van der Waals surface area (Å²) < 4.78 is 4.74. The van der Waals surface area contributed by atoms with E-state index in [0.29, 0.717) is 5.56 Å². The summed E-state index contributed by atoms with van der Waals surface area (Å²) in [6, 6.07) is 30.7. The van der Waals surface area contributed by atoms with E-state index in [1.165, 1.54) is 39.4 Å². The van der Waals surface area contributed by atoms with E-state index in [0.717, 1.165) is 11.1 Å². The second-order valence-electron chi connectivity index (χ2n) is 7.21. The molecule has 0 aliphatic heterocycles. The summed E-state index contributed by atoms with van der Waals surface area (Å²) in [6.45, 7) is 0. The smallest absolute Gasteiger partial charge is 0.337 e. The second kappa shape index (κ2) is 7.39. The van der Waals surface area contributed by atoms with Gasteiger partial charge in [-0.25, -0.2) is 4.79 Å². The van der Waals surface area contributed by atoms with E-state index in [1.54, 1.807) is 12.1 Å². The molecule has 0 aromatic heterocycles. The first-order chi connectivity index (χ1) is 14.7. The number of rotatable bonds is 1. The third-order valence-corrected chi connectivity index (χ3v) is 5.38. The van der Waals surface area contributed by atoms with Crippen LogP contribution in [0.1, 0.15) is 21.5 Å². The number of carbonyl (C=O) groups is 1. The minimum atomic E-state index is -0.344. The van der Waals surface area contributed by atoms with Crippen molar-refractivity contribution in [1.82, 2.24) is 0 Å². The number of fused-ring (bicyclic) bond motifs is 5. The summed E-state index contributed by atoms with van der Waals surface area (Å²) >= 11 is 0. The summed E-state index contributed by atoms with van der Waals surface area (Å²) in [6.07, 6.45) is 0. The van der Waals surface area contributed by atoms with Gasteiger partial charge in [0.05, 0.1) is 12.7 Å². The fraction of sp³-hybridized carbons (Fsp3) is 0.0357. The fourth-order valence-electron chi connectivity index (χ4n) is 3.86. The van der Waals surface area contributed by atoms with Gasteiger partial charge in [0.2, 0.25) is 0 Å². The number of methoxy groups -OCH3 is 1. The molecule has 30 heavy (non-hydrogen) atoms. The highest BCUT2D eigenvalue weighted by Crippen LogP contribution is 2.32. The van der Waals surface area contributed by atoms with Gasteiger partial charge in [-0.1, -0.05) is 66.4 Å². The Hall–Kier alpha value is -4.09. The molecule has 0 amide bonds. The van der Waals surface area contributed by atoms with Gasteiger partial charge in [0.25, 0.3) is 0 Å². The van der Waals surface area contributed by atoms with Crippen molar-refractivity contribution in [3.8, 4) is 11.8 Å². The highest BCUT2D eigenvalue weighted by atomic mass is 16.5. The van der Waals surface area contributed by atoms with Crippen LogP contribution in [-0.2, 0) is 4.74 Å². The molecule has 2 heteroatoms. The van der Waals surface area contributed by atoms with E-state index in [4.69, 9.17) is 4.74 Å². The van der Waals surface area contributed by atoms with Crippen LogP contribution in [0.4, 0.5) is 0 Å². The van der Waals surface area contributed by atoms with E-state index < -0.39 is 0 Å². The minimum absolute atomic E-state index is 0.344. The Kier molecular flexibility index (Phi) is 4.42. The molecule has 0 radical (unpaired) electrons. The summed E-state index contributed by atoms with van der Waals surface area (Å²) in [4.78, 5) is 11.6. The monoisotopic (exact) mass is 386 g/mol. The van der Waals surface area contributed by atoms with Crippen LogP contribution in [0.2, 0.25) is 0 Å². The third-order valence-electron chi connectivity index (χ3n) is 5.38. The van der Waals surface area contributed by atoms with E-state index in [1.807, 2.05) is 12.1 Å². The predicted molar refractivity (Wildman–Crippen MR) is 123 cm³/mol. The largest absolute Gasteiger partial charge is 0.465 e. The molecule has 0 saturated heterocycles. The molecular formula is C28H18O2. The van der Waals surface area contributed by atoms with Crippen molar-refractivity contribution in [2.24, 2.45) is 0 Å². The Bertz CT molecular complexity index is 1480. The standard InChI is InChI=1S/C28H18O2/c1-30-28(29)24-12-8-19(9-13-24)6-7-20-10-11-22-15-17-23-16-14-21-4-2-3-5-25(21)27(23)26(22)18-20/h2-5,8-18H,1H3. The molecule has 0 unspecified atom stereocenters. The highest BCUT2D eigenvalue weighted by molar-refractivity contribution is 6.20. The Balaban J connectivity index is 1.61. The number of esters is 1. The number of ether oxygens (including phenoxy) is 1. The molecule has 5 aromatic carbocycles. The van der Waals surface area contributed by atoms with Crippen molar-refractivity contribution >= 4 is 38.3 Å². The van der Waals surface area contributed by atoms with Crippen LogP contribution in [0.3, 0.4) is 0 Å². The number of hydrogen-bond donors (Lipinski definition) is 0. The minimum Gasteiger partial charge on any atom is -0.465 e. The van der Waals surface area contributed by atoms with Crippen molar-refractivity contribution < 1.29 is 9.53 Å². The number of carbonyl (C=O) groups excluding carboxylic acids is 1. The lowest BCUT2D eigenvalue weighted by Crippen LogP contribution is -2.00. The van der Waals surface area contributed by atoms with Crippen molar-refractivity contribution in [3.05, 3.63) is 108 Å². The molecule has 0 fully saturated rings. The topological polar surface area (TPSA) is 26.3 Å². The quantitative estimate of drug-likeness (QED) is 0.191. The Morgan fingerprint density at radius 3 is 2.03 bits per heavy atom. The van der Waals surface area contributed by atoms with E-state index in [2.05, 4.69) is 78.6 Å². The van der Waals surface area contributed by atoms with E-state index in [-0.39, 0.29) is 5.97 Å². The first-order valence-corrected chi connectivity index (χ1v) is 9.77. The summed E-state index contributed by atoms with van der Waals surface area (Å²) in [7, 11) is 1.38. The highest BCUT2D eigenvalue weighted by Gasteiger charge is 2.06. The molecule has 0 heterocycles. The predicted octanol–water partition coefficient (Wildman–Crippen LogP) is 6.33. The molecule has 0 atom stereocenters. The summed E-state index contributed by atoms with van der Waals surface area (Å²) in [5.41, 5.74) is 2.33. The van der Waals surface area contributed by atoms with Crippen molar-refractivity contribution in [2.75, 3.05) is 7.11 Å². The zero-order chi connectivity index (χ0) is 20.5. The average Bonchev–Trinajstić information content (AvgIpc) is 2.82. The van der Waals surface area contributed by atoms with Crippen molar-refractivity contribution in [2.45, 2.75) is 0 Å². The van der Waals surface area contributed by atoms with Crippen LogP contribution in [0.15, 0.2) is 91.0 Å². The SMILES string of the molecule is COC(=O)c1ccc(C#Cc2ccc3ccc4ccc5ccccc5c4c3c2)cc1. The normalized spacial score (nSPS) is 10.7. The Morgan fingerprint density at radius 1 is 0.667 bits per heavy atom. The zero-order valence-electron chi connectivity index (χ0n) is 16.5. The Labute approximate surface area is 174 Å². The van der Waals surface area contributed by atoms with Gasteiger partial charge in [-0.2, -0.15) is 0 Å². The zero-order valence-corrected chi connectivity index (χ0v) is 16.5. The first-order valence-electron chi connectivity index (χ1n) is 9.77. The van der Waals surface area contributed by atoms with E-state index in [9.17, 15) is 4.79 Å². The molecule has 5 aromatic rings. The van der Waals surface area contributed by atoms with Crippen LogP contribution in [-0.4, -0.2) is 13.1 Å². The number of benzene rings is 5. The van der Waals surface area contributed by atoms with Gasteiger partial charge in [0.1, 0.15) is 0 Å². The lowest BCUT2D eigenvalue weighted by atomic mass is 9.95. The van der Waals surface area contributed by atoms with Crippen LogP contribution in [0, 0.1) is 11.8 Å². The van der Waals surface area contributed by atoms with Gasteiger partial charge in [-0.3, -0.25) is 0 Å². The average molecular weight is 386 g/mol. The maximum absolute atomic E-state index is 11.6. The lowest BCUT2D eigenvalue weighted by Gasteiger charge is -2.08. The summed E-state index contributed by atoms with van der Waals surface area (Å²) in [5, 5.41) is 7.38. The van der Waals surface area contributed by atoms with Gasteiger partial charge >= 0.3 is 5.97 Å². The molecule has 0 spiro atoms. The molecule has 0 saturated carbocycles. The van der Waals surface area contributed by atoms with Crippen LogP contribution >= 0.6 is 0 Å². The van der Waals surface area contributed by atoms with Gasteiger partial charge < -0.3 is 4.74 Å². The molecule has 0 N–H and O–H groups in total. The van der Waals surface area contributed by atoms with Crippen LogP contribution in [0.5, 0.6) is 0 Å². The van der Waals surface area contributed by atoms with Gasteiger partial charge in [-0.05, 0) is 68.7 Å². The maximum atomic E-state index is 11.6. The van der Waals surface area contributed by atoms with E-state index >= 15 is 0 Å². The summed E-state index contributed by atoms with van der Waals surface area (Å²) in [5.74, 6) is 6.11. The number of hydrogen-bond acceptors (Lipinski definition) is 2. The fourth-order valence-corrected chi connectivity index (χ4v) is 3.86. The molecule has 0 aliphatic carbocycles. The van der Waals surface area contributed by atoms with Gasteiger partial charge in [-0.15, -0.1) is 0 Å². The third kappa shape index (κ3) is 3.17. The second-order valence-corrected chi connectivity index (χ2v) is 7.21.